The minimum absolute atomic E-state index is 0.666. The number of nitrogens with zero attached hydrogens (tertiary/aromatic N) is 3. The van der Waals surface area contributed by atoms with Crippen molar-refractivity contribution in [3.63, 3.8) is 0 Å². The molecule has 0 amide bonds. The monoisotopic (exact) mass is 671 g/mol. The highest BCUT2D eigenvalue weighted by Crippen LogP contribution is 2.47. The zero-order valence-corrected chi connectivity index (χ0v) is 28.2. The first-order valence-corrected chi connectivity index (χ1v) is 18.3. The van der Waals surface area contributed by atoms with Gasteiger partial charge in [-0.25, -0.2) is 15.0 Å². The van der Waals surface area contributed by atoms with Gasteiger partial charge in [0.1, 0.15) is 0 Å². The summed E-state index contributed by atoms with van der Waals surface area (Å²) in [6.07, 6.45) is 0. The van der Waals surface area contributed by atoms with Crippen LogP contribution in [0.4, 0.5) is 0 Å². The Bertz CT molecular complexity index is 3160. The molecule has 50 heavy (non-hydrogen) atoms. The molecule has 0 radical (unpaired) electrons. The summed E-state index contributed by atoms with van der Waals surface area (Å²) in [5.74, 6) is 2.02. The normalized spacial score (nSPS) is 12.0. The van der Waals surface area contributed by atoms with Crippen LogP contribution in [0.5, 0.6) is 0 Å². The standard InChI is InChI=1S/C45H25N3S2/c1-2-12-28(13-3-1)43-46-44(30-21-22-34-33-16-8-9-17-37(33)49-38(34)25-30)48-45(47-43)36-24-29-19-18-26-10-4-6-14-31(26)39(29)42-40(36)35-23-20-27-11-5-7-15-32(27)41(35)50-42/h1-25H. The van der Waals surface area contributed by atoms with E-state index in [1.54, 1.807) is 0 Å². The van der Waals surface area contributed by atoms with Crippen molar-refractivity contribution in [1.82, 2.24) is 15.0 Å². The van der Waals surface area contributed by atoms with Gasteiger partial charge in [0, 0.05) is 62.4 Å². The van der Waals surface area contributed by atoms with Crippen molar-refractivity contribution in [1.29, 1.82) is 0 Å². The molecule has 0 N–H and O–H groups in total. The van der Waals surface area contributed by atoms with Gasteiger partial charge < -0.3 is 0 Å². The van der Waals surface area contributed by atoms with Crippen molar-refractivity contribution >= 4 is 95.3 Å². The maximum Gasteiger partial charge on any atom is 0.164 e. The van der Waals surface area contributed by atoms with Gasteiger partial charge in [-0.3, -0.25) is 0 Å². The minimum atomic E-state index is 0.666. The molecule has 0 saturated carbocycles. The van der Waals surface area contributed by atoms with Crippen molar-refractivity contribution in [2.45, 2.75) is 0 Å². The summed E-state index contributed by atoms with van der Waals surface area (Å²) in [5.41, 5.74) is 2.96. The lowest BCUT2D eigenvalue weighted by Gasteiger charge is -2.12. The van der Waals surface area contributed by atoms with E-state index < -0.39 is 0 Å². The lowest BCUT2D eigenvalue weighted by molar-refractivity contribution is 1.08. The first-order valence-electron chi connectivity index (χ1n) is 16.7. The molecular formula is C45H25N3S2. The highest BCUT2D eigenvalue weighted by Gasteiger charge is 2.21. The van der Waals surface area contributed by atoms with Crippen LogP contribution < -0.4 is 0 Å². The SMILES string of the molecule is c1ccc(-c2nc(-c3ccc4c(c3)sc3ccccc34)nc(-c3cc4ccc5ccccc5c4c4sc5c6ccccc6ccc5c34)n2)cc1. The van der Waals surface area contributed by atoms with Crippen LogP contribution in [0.1, 0.15) is 0 Å². The zero-order valence-electron chi connectivity index (χ0n) is 26.6. The Labute approximate surface area is 294 Å². The number of hydrogen-bond acceptors (Lipinski definition) is 5. The Hall–Kier alpha value is -6.01. The molecule has 3 aromatic heterocycles. The molecule has 5 heteroatoms. The summed E-state index contributed by atoms with van der Waals surface area (Å²) in [4.78, 5) is 15.7. The third-order valence-electron chi connectivity index (χ3n) is 9.88. The van der Waals surface area contributed by atoms with E-state index in [9.17, 15) is 0 Å². The van der Waals surface area contributed by atoms with Crippen LogP contribution in [-0.2, 0) is 0 Å². The van der Waals surface area contributed by atoms with Crippen LogP contribution in [0.25, 0.3) is 107 Å². The lowest BCUT2D eigenvalue weighted by atomic mass is 9.95. The smallest absolute Gasteiger partial charge is 0.164 e. The predicted octanol–water partition coefficient (Wildman–Crippen LogP) is 13.1. The van der Waals surface area contributed by atoms with Crippen molar-refractivity contribution in [2.24, 2.45) is 0 Å². The fourth-order valence-electron chi connectivity index (χ4n) is 7.54. The van der Waals surface area contributed by atoms with Gasteiger partial charge in [0.25, 0.3) is 0 Å². The van der Waals surface area contributed by atoms with Crippen LogP contribution in [-0.4, -0.2) is 15.0 Å². The highest BCUT2D eigenvalue weighted by molar-refractivity contribution is 7.28. The third-order valence-corrected chi connectivity index (χ3v) is 12.3. The highest BCUT2D eigenvalue weighted by atomic mass is 32.1. The third kappa shape index (κ3) is 4.18. The Morgan fingerprint density at radius 1 is 0.340 bits per heavy atom. The van der Waals surface area contributed by atoms with Gasteiger partial charge in [-0.15, -0.1) is 22.7 Å². The maximum atomic E-state index is 5.32. The molecule has 8 aromatic carbocycles. The van der Waals surface area contributed by atoms with E-state index in [0.29, 0.717) is 17.5 Å². The molecule has 0 bridgehead atoms. The fraction of sp³-hybridized carbons (Fsp3) is 0. The van der Waals surface area contributed by atoms with Crippen molar-refractivity contribution in [2.75, 3.05) is 0 Å². The van der Waals surface area contributed by atoms with Crippen molar-refractivity contribution in [3.05, 3.63) is 152 Å². The van der Waals surface area contributed by atoms with Gasteiger partial charge in [-0.05, 0) is 45.1 Å². The summed E-state index contributed by atoms with van der Waals surface area (Å²) in [6, 6.07) is 54.2. The number of rotatable bonds is 3. The molecule has 232 valence electrons. The number of benzene rings is 8. The topological polar surface area (TPSA) is 38.7 Å². The number of fused-ring (bicyclic) bond motifs is 12. The second-order valence-electron chi connectivity index (χ2n) is 12.8. The van der Waals surface area contributed by atoms with Crippen molar-refractivity contribution in [3.8, 4) is 34.2 Å². The summed E-state index contributed by atoms with van der Waals surface area (Å²) in [5, 5.41) is 12.4. The Morgan fingerprint density at radius 2 is 0.960 bits per heavy atom. The summed E-state index contributed by atoms with van der Waals surface area (Å²) >= 11 is 3.69. The van der Waals surface area contributed by atoms with E-state index in [4.69, 9.17) is 15.0 Å². The van der Waals surface area contributed by atoms with Gasteiger partial charge >= 0.3 is 0 Å². The minimum Gasteiger partial charge on any atom is -0.208 e. The average Bonchev–Trinajstić information content (AvgIpc) is 3.76. The maximum absolute atomic E-state index is 5.32. The molecule has 0 spiro atoms. The molecule has 3 heterocycles. The molecular weight excluding hydrogens is 647 g/mol. The second kappa shape index (κ2) is 10.7. The van der Waals surface area contributed by atoms with E-state index in [-0.39, 0.29) is 0 Å². The molecule has 11 aromatic rings. The van der Waals surface area contributed by atoms with Crippen LogP contribution in [0.3, 0.4) is 0 Å². The molecule has 11 rings (SSSR count). The van der Waals surface area contributed by atoms with Crippen molar-refractivity contribution < 1.29 is 0 Å². The molecule has 0 fully saturated rings. The van der Waals surface area contributed by atoms with E-state index in [1.807, 2.05) is 40.9 Å². The van der Waals surface area contributed by atoms with E-state index >= 15 is 0 Å². The molecule has 0 aliphatic heterocycles. The fourth-order valence-corrected chi connectivity index (χ4v) is 10.1. The average molecular weight is 672 g/mol. The van der Waals surface area contributed by atoms with Crippen LogP contribution in [0.2, 0.25) is 0 Å². The number of aromatic nitrogens is 3. The molecule has 3 nitrogen and oxygen atoms in total. The summed E-state index contributed by atoms with van der Waals surface area (Å²) in [6.45, 7) is 0. The lowest BCUT2D eigenvalue weighted by Crippen LogP contribution is -2.00. The first-order chi connectivity index (χ1) is 24.8. The van der Waals surface area contributed by atoms with Gasteiger partial charge in [-0.1, -0.05) is 133 Å². The summed E-state index contributed by atoms with van der Waals surface area (Å²) in [7, 11) is 0. The van der Waals surface area contributed by atoms with E-state index in [0.717, 1.165) is 16.7 Å². The van der Waals surface area contributed by atoms with Gasteiger partial charge in [0.15, 0.2) is 17.5 Å². The van der Waals surface area contributed by atoms with Gasteiger partial charge in [0.2, 0.25) is 0 Å². The zero-order chi connectivity index (χ0) is 32.8. The summed E-state index contributed by atoms with van der Waals surface area (Å²) < 4.78 is 5.05. The number of thiophene rings is 2. The van der Waals surface area contributed by atoms with Gasteiger partial charge in [-0.2, -0.15) is 0 Å². The first kappa shape index (κ1) is 27.9. The Kier molecular flexibility index (Phi) is 5.99. The molecule has 0 aliphatic carbocycles. The second-order valence-corrected chi connectivity index (χ2v) is 14.9. The number of hydrogen-bond donors (Lipinski definition) is 0. The van der Waals surface area contributed by atoms with Crippen LogP contribution in [0.15, 0.2) is 152 Å². The van der Waals surface area contributed by atoms with Gasteiger partial charge in [0.05, 0.1) is 0 Å². The van der Waals surface area contributed by atoms with E-state index in [1.165, 1.54) is 72.7 Å². The molecule has 0 aliphatic rings. The predicted molar refractivity (Wildman–Crippen MR) is 214 cm³/mol. The molecule has 0 unspecified atom stereocenters. The molecule has 0 atom stereocenters. The molecule has 0 saturated heterocycles. The largest absolute Gasteiger partial charge is 0.208 e. The van der Waals surface area contributed by atoms with E-state index in [2.05, 4.69) is 133 Å². The van der Waals surface area contributed by atoms with Crippen LogP contribution >= 0.6 is 22.7 Å². The Balaban J connectivity index is 1.25. The van der Waals surface area contributed by atoms with Crippen LogP contribution in [0, 0.1) is 0 Å². The quantitative estimate of drug-likeness (QED) is 0.176. The Morgan fingerprint density at radius 3 is 1.82 bits per heavy atom.